The molecule has 0 saturated heterocycles. The van der Waals surface area contributed by atoms with E-state index in [-0.39, 0.29) is 48.9 Å². The number of methoxy groups -OCH3 is 1. The molecule has 0 aliphatic carbocycles. The van der Waals surface area contributed by atoms with Gasteiger partial charge in [-0.05, 0) is 24.7 Å². The molecule has 0 aromatic rings. The van der Waals surface area contributed by atoms with Gasteiger partial charge in [0.25, 0.3) is 11.8 Å². The van der Waals surface area contributed by atoms with Gasteiger partial charge in [0, 0.05) is 46.3 Å². The summed E-state index contributed by atoms with van der Waals surface area (Å²) in [6.45, 7) is 7.48. The van der Waals surface area contributed by atoms with Gasteiger partial charge < -0.3 is 25.0 Å². The number of imide groups is 1. The summed E-state index contributed by atoms with van der Waals surface area (Å²) in [6, 6.07) is -1.29. The van der Waals surface area contributed by atoms with Gasteiger partial charge in [-0.25, -0.2) is 0 Å². The lowest BCUT2D eigenvalue weighted by Gasteiger charge is -2.37. The molecule has 0 aromatic heterocycles. The largest absolute Gasteiger partial charge is 0.481 e. The zero-order valence-electron chi connectivity index (χ0n) is 24.8. The maximum atomic E-state index is 13.1. The molecule has 12 heteroatoms. The van der Waals surface area contributed by atoms with Gasteiger partial charge in [-0.3, -0.25) is 33.7 Å². The van der Waals surface area contributed by atoms with E-state index in [1.165, 1.54) is 34.0 Å². The number of unbranched alkanes of at least 4 members (excludes halogenated alkanes) is 2. The highest BCUT2D eigenvalue weighted by molar-refractivity contribution is 6.12. The van der Waals surface area contributed by atoms with Crippen molar-refractivity contribution in [1.82, 2.24) is 20.0 Å². The lowest BCUT2D eigenvalue weighted by atomic mass is 9.91. The van der Waals surface area contributed by atoms with E-state index in [0.29, 0.717) is 32.2 Å². The van der Waals surface area contributed by atoms with Crippen molar-refractivity contribution in [3.63, 3.8) is 0 Å². The number of carboxylic acids is 1. The van der Waals surface area contributed by atoms with Crippen molar-refractivity contribution in [2.45, 2.75) is 84.4 Å². The second-order valence-electron chi connectivity index (χ2n) is 10.6. The van der Waals surface area contributed by atoms with E-state index in [0.717, 1.165) is 0 Å². The molecule has 1 rings (SSSR count). The van der Waals surface area contributed by atoms with Gasteiger partial charge in [0.1, 0.15) is 6.04 Å². The smallest absolute Gasteiger partial charge is 0.306 e. The molecule has 2 N–H and O–H groups in total. The highest BCUT2D eigenvalue weighted by atomic mass is 16.5. The summed E-state index contributed by atoms with van der Waals surface area (Å²) >= 11 is 0. The highest BCUT2D eigenvalue weighted by Gasteiger charge is 2.35. The molecule has 1 heterocycles. The first-order chi connectivity index (χ1) is 18.8. The average Bonchev–Trinajstić information content (AvgIpc) is 3.22. The Morgan fingerprint density at radius 2 is 1.57 bits per heavy atom. The van der Waals surface area contributed by atoms with Gasteiger partial charge in [-0.1, -0.05) is 40.5 Å². The molecule has 0 radical (unpaired) electrons. The third kappa shape index (κ3) is 10.0. The number of hydrogen-bond acceptors (Lipinski definition) is 7. The third-order valence-corrected chi connectivity index (χ3v) is 7.42. The maximum absolute atomic E-state index is 13.1. The molecule has 0 fully saturated rings. The minimum absolute atomic E-state index is 0.0471. The Hall–Kier alpha value is -3.28. The van der Waals surface area contributed by atoms with E-state index in [2.05, 4.69) is 5.32 Å². The van der Waals surface area contributed by atoms with Crippen LogP contribution >= 0.6 is 0 Å². The van der Waals surface area contributed by atoms with E-state index in [1.54, 1.807) is 14.1 Å². The summed E-state index contributed by atoms with van der Waals surface area (Å²) in [4.78, 5) is 77.5. The fourth-order valence-electron chi connectivity index (χ4n) is 4.94. The zero-order chi connectivity index (χ0) is 30.6. The van der Waals surface area contributed by atoms with E-state index < -0.39 is 36.0 Å². The summed E-state index contributed by atoms with van der Waals surface area (Å²) in [5, 5.41) is 11.9. The predicted molar refractivity (Wildman–Crippen MR) is 148 cm³/mol. The molecule has 0 aromatic carbocycles. The molecule has 4 atom stereocenters. The fourth-order valence-corrected chi connectivity index (χ4v) is 4.94. The number of likely N-dealkylation sites (N-methyl/N-ethyl adjacent to an activating group) is 2. The summed E-state index contributed by atoms with van der Waals surface area (Å²) in [6.07, 6.45) is 4.16. The topological polar surface area (TPSA) is 154 Å². The van der Waals surface area contributed by atoms with Crippen molar-refractivity contribution in [3.8, 4) is 0 Å². The summed E-state index contributed by atoms with van der Waals surface area (Å²) < 4.78 is 5.41. The second-order valence-corrected chi connectivity index (χ2v) is 10.6. The van der Waals surface area contributed by atoms with Crippen molar-refractivity contribution >= 4 is 35.5 Å². The molecule has 226 valence electrons. The second kappa shape index (κ2) is 16.7. The molecular formula is C28H46N4O8. The van der Waals surface area contributed by atoms with Crippen molar-refractivity contribution in [3.05, 3.63) is 12.2 Å². The van der Waals surface area contributed by atoms with Crippen molar-refractivity contribution < 1.29 is 38.6 Å². The average molecular weight is 567 g/mol. The van der Waals surface area contributed by atoms with Gasteiger partial charge in [-0.15, -0.1) is 0 Å². The number of carboxylic acid groups (broad SMARTS) is 1. The Morgan fingerprint density at radius 1 is 0.975 bits per heavy atom. The Balaban J connectivity index is 2.68. The van der Waals surface area contributed by atoms with Crippen LogP contribution in [0.25, 0.3) is 0 Å². The molecule has 1 unspecified atom stereocenters. The monoisotopic (exact) mass is 566 g/mol. The number of carbonyl (C=O) groups excluding carboxylic acids is 5. The first kappa shape index (κ1) is 34.7. The lowest BCUT2D eigenvalue weighted by Crippen LogP contribution is -2.55. The first-order valence-corrected chi connectivity index (χ1v) is 13.8. The van der Waals surface area contributed by atoms with Crippen LogP contribution in [0, 0.1) is 11.8 Å². The molecule has 12 nitrogen and oxygen atoms in total. The van der Waals surface area contributed by atoms with E-state index in [4.69, 9.17) is 4.74 Å². The zero-order valence-corrected chi connectivity index (χ0v) is 24.8. The fraction of sp³-hybridized carbons (Fsp3) is 0.714. The van der Waals surface area contributed by atoms with Gasteiger partial charge >= 0.3 is 5.97 Å². The molecule has 5 amide bonds. The molecule has 1 aliphatic rings. The minimum atomic E-state index is -1.03. The minimum Gasteiger partial charge on any atom is -0.481 e. The molecule has 0 saturated carbocycles. The van der Waals surface area contributed by atoms with Crippen LogP contribution in [0.5, 0.6) is 0 Å². The van der Waals surface area contributed by atoms with Crippen LogP contribution in [0.1, 0.15) is 66.2 Å². The number of carbonyl (C=O) groups is 6. The molecule has 0 bridgehead atoms. The van der Waals surface area contributed by atoms with Crippen molar-refractivity contribution in [2.75, 3.05) is 34.3 Å². The number of nitrogens with one attached hydrogen (secondary N) is 1. The quantitative estimate of drug-likeness (QED) is 0.187. The van der Waals surface area contributed by atoms with Crippen LogP contribution in [-0.4, -0.2) is 108 Å². The van der Waals surface area contributed by atoms with E-state index in [9.17, 15) is 33.9 Å². The molecule has 1 aliphatic heterocycles. The normalized spacial score (nSPS) is 16.1. The third-order valence-electron chi connectivity index (χ3n) is 7.42. The van der Waals surface area contributed by atoms with E-state index >= 15 is 0 Å². The van der Waals surface area contributed by atoms with Gasteiger partial charge in [-0.2, -0.15) is 0 Å². The van der Waals surface area contributed by atoms with Crippen LogP contribution in [0.2, 0.25) is 0 Å². The van der Waals surface area contributed by atoms with Crippen LogP contribution in [0.3, 0.4) is 0 Å². The molecule has 0 spiro atoms. The predicted octanol–water partition coefficient (Wildman–Crippen LogP) is 1.43. The van der Waals surface area contributed by atoms with Crippen LogP contribution < -0.4 is 5.32 Å². The number of aliphatic carboxylic acids is 1. The van der Waals surface area contributed by atoms with Crippen molar-refractivity contribution in [1.29, 1.82) is 0 Å². The summed E-state index contributed by atoms with van der Waals surface area (Å²) in [5.41, 5.74) is 0. The van der Waals surface area contributed by atoms with Crippen LogP contribution in [-0.2, 0) is 33.5 Å². The SMILES string of the molecule is CC[C@H](C)[C@@H]([C@@H](CC(=O)O)OC)N(C)C(=O)CNC(=O)C(C(C)C)N(C)C(=O)CCCCCN1C(=O)C=CC1=O. The highest BCUT2D eigenvalue weighted by Crippen LogP contribution is 2.22. The van der Waals surface area contributed by atoms with Crippen molar-refractivity contribution in [2.24, 2.45) is 11.8 Å². The summed E-state index contributed by atoms with van der Waals surface area (Å²) in [7, 11) is 4.54. The van der Waals surface area contributed by atoms with Gasteiger partial charge in [0.2, 0.25) is 17.7 Å². The number of ether oxygens (including phenoxy) is 1. The molecule has 40 heavy (non-hydrogen) atoms. The van der Waals surface area contributed by atoms with Crippen LogP contribution in [0.4, 0.5) is 0 Å². The Kier molecular flexibility index (Phi) is 14.5. The van der Waals surface area contributed by atoms with Gasteiger partial charge in [0.15, 0.2) is 0 Å². The standard InChI is InChI=1S/C28H46N4O8/c1-8-19(4)27(20(40-7)16-25(37)38)31(6)24(36)17-29-28(39)26(18(2)3)30(5)21(33)12-10-9-11-15-32-22(34)13-14-23(32)35/h13-14,18-20,26-27H,8-12,15-17H2,1-7H3,(H,29,39)(H,37,38)/t19-,20+,26?,27-/m0/s1. The summed E-state index contributed by atoms with van der Waals surface area (Å²) in [5.74, 6) is -3.03. The first-order valence-electron chi connectivity index (χ1n) is 13.8. The number of hydrogen-bond donors (Lipinski definition) is 2. The Morgan fingerprint density at radius 3 is 2.08 bits per heavy atom. The van der Waals surface area contributed by atoms with Crippen LogP contribution in [0.15, 0.2) is 12.2 Å². The number of amides is 5. The number of nitrogens with zero attached hydrogens (tertiary/aromatic N) is 3. The number of rotatable bonds is 18. The Bertz CT molecular complexity index is 933. The van der Waals surface area contributed by atoms with E-state index in [1.807, 2.05) is 27.7 Å². The maximum Gasteiger partial charge on any atom is 0.306 e. The Labute approximate surface area is 237 Å². The van der Waals surface area contributed by atoms with Gasteiger partial charge in [0.05, 0.1) is 25.1 Å². The lowest BCUT2D eigenvalue weighted by molar-refractivity contribution is -0.146. The molecular weight excluding hydrogens is 520 g/mol.